The van der Waals surface area contributed by atoms with E-state index in [4.69, 9.17) is 5.53 Å². The van der Waals surface area contributed by atoms with Crippen molar-refractivity contribution in [2.24, 2.45) is 5.11 Å². The smallest absolute Gasteiger partial charge is 0.305 e. The Morgan fingerprint density at radius 1 is 1.80 bits per heavy atom. The molecular formula is C9H11N3O2S. The normalized spacial score (nSPS) is 11.5. The predicted molar refractivity (Wildman–Crippen MR) is 57.5 cm³/mol. The summed E-state index contributed by atoms with van der Waals surface area (Å²) in [6, 6.07) is 3.51. The van der Waals surface area contributed by atoms with Gasteiger partial charge in [0.1, 0.15) is 0 Å². The molecule has 0 saturated carbocycles. The molecule has 1 heterocycles. The molecule has 0 aliphatic rings. The average Bonchev–Trinajstić information content (AvgIpc) is 2.76. The molecule has 0 aliphatic heterocycles. The number of ether oxygens (including phenoxy) is 1. The van der Waals surface area contributed by atoms with E-state index in [1.807, 2.05) is 17.5 Å². The van der Waals surface area contributed by atoms with Crippen molar-refractivity contribution in [3.8, 4) is 0 Å². The lowest BCUT2D eigenvalue weighted by Crippen LogP contribution is -2.02. The number of azide groups is 1. The Bertz CT molecular complexity index is 357. The molecule has 0 spiro atoms. The van der Waals surface area contributed by atoms with Crippen LogP contribution in [0.3, 0.4) is 0 Å². The van der Waals surface area contributed by atoms with E-state index < -0.39 is 0 Å². The molecule has 0 aromatic carbocycles. The van der Waals surface area contributed by atoms with Crippen LogP contribution in [-0.2, 0) is 9.53 Å². The van der Waals surface area contributed by atoms with Crippen molar-refractivity contribution in [3.63, 3.8) is 0 Å². The Hall–Kier alpha value is -1.52. The standard InChI is InChI=1S/C9H11N3O2S/c1-14-9(13)5-4-7(11-12-10)8-3-2-6-15-8/h2-3,6-7H,4-5H2,1H3. The minimum Gasteiger partial charge on any atom is -0.469 e. The van der Waals surface area contributed by atoms with Crippen LogP contribution in [0.1, 0.15) is 23.8 Å². The first-order valence-corrected chi connectivity index (χ1v) is 5.30. The fraction of sp³-hybridized carbons (Fsp3) is 0.444. The van der Waals surface area contributed by atoms with E-state index in [1.165, 1.54) is 18.4 Å². The number of carbonyl (C=O) groups excluding carboxylic acids is 1. The van der Waals surface area contributed by atoms with E-state index in [9.17, 15) is 4.79 Å². The lowest BCUT2D eigenvalue weighted by atomic mass is 10.1. The van der Waals surface area contributed by atoms with Crippen molar-refractivity contribution in [3.05, 3.63) is 32.8 Å². The van der Waals surface area contributed by atoms with Gasteiger partial charge in [0.05, 0.1) is 13.2 Å². The van der Waals surface area contributed by atoms with E-state index in [1.54, 1.807) is 0 Å². The van der Waals surface area contributed by atoms with E-state index in [0.717, 1.165) is 4.88 Å². The summed E-state index contributed by atoms with van der Waals surface area (Å²) in [6.07, 6.45) is 0.745. The van der Waals surface area contributed by atoms with Gasteiger partial charge in [0.15, 0.2) is 0 Å². The van der Waals surface area contributed by atoms with Gasteiger partial charge in [0.25, 0.3) is 0 Å². The average molecular weight is 225 g/mol. The molecule has 0 radical (unpaired) electrons. The van der Waals surface area contributed by atoms with Crippen molar-refractivity contribution in [2.45, 2.75) is 18.9 Å². The zero-order chi connectivity index (χ0) is 11.1. The first kappa shape index (κ1) is 11.6. The maximum Gasteiger partial charge on any atom is 0.305 e. The Morgan fingerprint density at radius 2 is 2.60 bits per heavy atom. The third-order valence-electron chi connectivity index (χ3n) is 1.91. The zero-order valence-electron chi connectivity index (χ0n) is 8.29. The fourth-order valence-electron chi connectivity index (χ4n) is 1.16. The number of hydrogen-bond acceptors (Lipinski definition) is 4. The molecule has 1 aromatic heterocycles. The van der Waals surface area contributed by atoms with Gasteiger partial charge in [-0.2, -0.15) is 0 Å². The number of rotatable bonds is 5. The topological polar surface area (TPSA) is 75.1 Å². The van der Waals surface area contributed by atoms with E-state index in [2.05, 4.69) is 14.8 Å². The van der Waals surface area contributed by atoms with E-state index in [0.29, 0.717) is 6.42 Å². The molecular weight excluding hydrogens is 214 g/mol. The molecule has 1 rings (SSSR count). The number of esters is 1. The predicted octanol–water partition coefficient (Wildman–Crippen LogP) is 3.05. The molecule has 5 nitrogen and oxygen atoms in total. The first-order chi connectivity index (χ1) is 7.27. The molecule has 0 fully saturated rings. The van der Waals surface area contributed by atoms with Crippen molar-refractivity contribution < 1.29 is 9.53 Å². The third kappa shape index (κ3) is 3.61. The van der Waals surface area contributed by atoms with Crippen LogP contribution in [0.2, 0.25) is 0 Å². The lowest BCUT2D eigenvalue weighted by Gasteiger charge is -2.07. The summed E-state index contributed by atoms with van der Waals surface area (Å²) < 4.78 is 4.53. The van der Waals surface area contributed by atoms with Crippen LogP contribution < -0.4 is 0 Å². The summed E-state index contributed by atoms with van der Waals surface area (Å²) in [5.74, 6) is -0.287. The molecule has 1 unspecified atom stereocenters. The van der Waals surface area contributed by atoms with Crippen LogP contribution in [0, 0.1) is 0 Å². The van der Waals surface area contributed by atoms with Crippen molar-refractivity contribution in [1.82, 2.24) is 0 Å². The highest BCUT2D eigenvalue weighted by Crippen LogP contribution is 2.27. The second-order valence-corrected chi connectivity index (χ2v) is 3.83. The van der Waals surface area contributed by atoms with Crippen LogP contribution in [-0.4, -0.2) is 13.1 Å². The summed E-state index contributed by atoms with van der Waals surface area (Å²) in [4.78, 5) is 14.7. The molecule has 0 aliphatic carbocycles. The summed E-state index contributed by atoms with van der Waals surface area (Å²) in [7, 11) is 1.34. The van der Waals surface area contributed by atoms with Gasteiger partial charge in [-0.3, -0.25) is 4.79 Å². The first-order valence-electron chi connectivity index (χ1n) is 4.42. The van der Waals surface area contributed by atoms with E-state index in [-0.39, 0.29) is 18.4 Å². The van der Waals surface area contributed by atoms with Gasteiger partial charge in [-0.1, -0.05) is 11.2 Å². The summed E-state index contributed by atoms with van der Waals surface area (Å²) in [5.41, 5.74) is 8.40. The minimum absolute atomic E-state index is 0.262. The van der Waals surface area contributed by atoms with Crippen LogP contribution >= 0.6 is 11.3 Å². The molecule has 0 amide bonds. The summed E-state index contributed by atoms with van der Waals surface area (Å²) in [5, 5.41) is 5.57. The molecule has 80 valence electrons. The Balaban J connectivity index is 2.60. The number of thiophene rings is 1. The van der Waals surface area contributed by atoms with Gasteiger partial charge in [-0.15, -0.1) is 11.3 Å². The summed E-state index contributed by atoms with van der Waals surface area (Å²) >= 11 is 1.51. The van der Waals surface area contributed by atoms with Crippen LogP contribution in [0.4, 0.5) is 0 Å². The Morgan fingerprint density at radius 3 is 3.13 bits per heavy atom. The minimum atomic E-state index is -0.287. The van der Waals surface area contributed by atoms with Crippen molar-refractivity contribution >= 4 is 17.3 Å². The van der Waals surface area contributed by atoms with Crippen molar-refractivity contribution in [1.29, 1.82) is 0 Å². The number of carbonyl (C=O) groups is 1. The van der Waals surface area contributed by atoms with Crippen LogP contribution in [0.5, 0.6) is 0 Å². The maximum absolute atomic E-state index is 10.9. The molecule has 15 heavy (non-hydrogen) atoms. The second kappa shape index (κ2) is 6.06. The maximum atomic E-state index is 10.9. The van der Waals surface area contributed by atoms with Gasteiger partial charge in [-0.05, 0) is 23.4 Å². The molecule has 0 saturated heterocycles. The van der Waals surface area contributed by atoms with Crippen LogP contribution in [0.25, 0.3) is 10.4 Å². The molecule has 0 bridgehead atoms. The highest BCUT2D eigenvalue weighted by Gasteiger charge is 2.12. The summed E-state index contributed by atoms with van der Waals surface area (Å²) in [6.45, 7) is 0. The fourth-order valence-corrected chi connectivity index (χ4v) is 1.95. The number of nitrogens with zero attached hydrogens (tertiary/aromatic N) is 3. The molecule has 1 atom stereocenters. The Labute approximate surface area is 91.3 Å². The van der Waals surface area contributed by atoms with Crippen molar-refractivity contribution in [2.75, 3.05) is 7.11 Å². The van der Waals surface area contributed by atoms with Crippen LogP contribution in [0.15, 0.2) is 22.6 Å². The van der Waals surface area contributed by atoms with Gasteiger partial charge in [0.2, 0.25) is 0 Å². The van der Waals surface area contributed by atoms with Gasteiger partial charge in [-0.25, -0.2) is 0 Å². The van der Waals surface area contributed by atoms with Gasteiger partial charge >= 0.3 is 5.97 Å². The lowest BCUT2D eigenvalue weighted by molar-refractivity contribution is -0.140. The monoisotopic (exact) mass is 225 g/mol. The SMILES string of the molecule is COC(=O)CCC(N=[N+]=[N-])c1cccs1. The van der Waals surface area contributed by atoms with Gasteiger partial charge in [0, 0.05) is 16.2 Å². The van der Waals surface area contributed by atoms with Gasteiger partial charge < -0.3 is 4.74 Å². The molecule has 6 heteroatoms. The quantitative estimate of drug-likeness (QED) is 0.334. The third-order valence-corrected chi connectivity index (χ3v) is 2.89. The second-order valence-electron chi connectivity index (χ2n) is 2.85. The number of hydrogen-bond donors (Lipinski definition) is 0. The highest BCUT2D eigenvalue weighted by molar-refractivity contribution is 7.10. The highest BCUT2D eigenvalue weighted by atomic mass is 32.1. The molecule has 0 N–H and O–H groups in total. The largest absolute Gasteiger partial charge is 0.469 e. The zero-order valence-corrected chi connectivity index (χ0v) is 9.11. The van der Waals surface area contributed by atoms with E-state index >= 15 is 0 Å². The number of methoxy groups -OCH3 is 1. The molecule has 1 aromatic rings. The Kier molecular flexibility index (Phi) is 4.66.